The first kappa shape index (κ1) is 17.1. The highest BCUT2D eigenvalue weighted by Crippen LogP contribution is 2.14. The van der Waals surface area contributed by atoms with Gasteiger partial charge in [0.15, 0.2) is 0 Å². The Balaban J connectivity index is 0.000000494. The molecule has 1 N–H and O–H groups in total. The molecule has 0 aliphatic carbocycles. The first-order chi connectivity index (χ1) is 8.63. The summed E-state index contributed by atoms with van der Waals surface area (Å²) in [5, 5.41) is 7.60. The maximum Gasteiger partial charge on any atom is 0.327 e. The Morgan fingerprint density at radius 3 is 2.61 bits per heavy atom. The SMILES string of the molecule is C=CC(=O)O.CCCCC(CC)COCC1CO1. The van der Waals surface area contributed by atoms with Crippen molar-refractivity contribution in [3.05, 3.63) is 12.7 Å². The number of aliphatic carboxylic acids is 1. The highest BCUT2D eigenvalue weighted by molar-refractivity contribution is 5.78. The first-order valence-electron chi connectivity index (χ1n) is 6.68. The standard InChI is InChI=1S/C11H22O2.C3H4O2/c1-3-5-6-10(4-2)7-12-8-11-9-13-11;1-2-3(4)5/h10-11H,3-9H2,1-2H3;2H,1H2,(H,4,5). The Hall–Kier alpha value is -0.870. The topological polar surface area (TPSA) is 59.1 Å². The lowest BCUT2D eigenvalue weighted by atomic mass is 10.0. The maximum absolute atomic E-state index is 9.25. The van der Waals surface area contributed by atoms with Crippen molar-refractivity contribution in [2.45, 2.75) is 45.6 Å². The Labute approximate surface area is 110 Å². The molecular weight excluding hydrogens is 232 g/mol. The molecule has 0 aromatic carbocycles. The van der Waals surface area contributed by atoms with E-state index < -0.39 is 5.97 Å². The fourth-order valence-corrected chi connectivity index (χ4v) is 1.43. The van der Waals surface area contributed by atoms with Crippen LogP contribution in [0.25, 0.3) is 0 Å². The molecule has 0 radical (unpaired) electrons. The second kappa shape index (κ2) is 11.2. The average Bonchev–Trinajstić information content (AvgIpc) is 3.18. The highest BCUT2D eigenvalue weighted by atomic mass is 16.6. The lowest BCUT2D eigenvalue weighted by molar-refractivity contribution is -0.131. The van der Waals surface area contributed by atoms with Gasteiger partial charge in [-0.1, -0.05) is 39.7 Å². The minimum Gasteiger partial charge on any atom is -0.478 e. The highest BCUT2D eigenvalue weighted by Gasteiger charge is 2.22. The van der Waals surface area contributed by atoms with Crippen LogP contribution in [0.3, 0.4) is 0 Å². The van der Waals surface area contributed by atoms with E-state index in [-0.39, 0.29) is 0 Å². The Morgan fingerprint density at radius 1 is 1.61 bits per heavy atom. The van der Waals surface area contributed by atoms with Crippen molar-refractivity contribution < 1.29 is 19.4 Å². The van der Waals surface area contributed by atoms with Crippen LogP contribution in [0, 0.1) is 5.92 Å². The van der Waals surface area contributed by atoms with Gasteiger partial charge in [-0.3, -0.25) is 0 Å². The lowest BCUT2D eigenvalue weighted by Crippen LogP contribution is -2.11. The van der Waals surface area contributed by atoms with Gasteiger partial charge in [-0.15, -0.1) is 0 Å². The molecule has 0 amide bonds. The van der Waals surface area contributed by atoms with Crippen molar-refractivity contribution in [1.82, 2.24) is 0 Å². The van der Waals surface area contributed by atoms with Crippen LogP contribution < -0.4 is 0 Å². The number of carboxylic acids is 1. The van der Waals surface area contributed by atoms with E-state index in [0.29, 0.717) is 6.10 Å². The van der Waals surface area contributed by atoms with E-state index in [0.717, 1.165) is 31.8 Å². The molecule has 0 saturated carbocycles. The molecule has 0 aromatic heterocycles. The van der Waals surface area contributed by atoms with Gasteiger partial charge in [0, 0.05) is 12.7 Å². The third kappa shape index (κ3) is 11.6. The van der Waals surface area contributed by atoms with Gasteiger partial charge in [-0.2, -0.15) is 0 Å². The quantitative estimate of drug-likeness (QED) is 0.510. The van der Waals surface area contributed by atoms with Crippen molar-refractivity contribution in [3.63, 3.8) is 0 Å². The molecule has 1 heterocycles. The molecule has 0 spiro atoms. The number of unbranched alkanes of at least 4 members (excludes halogenated alkanes) is 1. The molecule has 4 heteroatoms. The van der Waals surface area contributed by atoms with Crippen molar-refractivity contribution >= 4 is 5.97 Å². The van der Waals surface area contributed by atoms with Gasteiger partial charge >= 0.3 is 5.97 Å². The van der Waals surface area contributed by atoms with E-state index in [4.69, 9.17) is 14.6 Å². The van der Waals surface area contributed by atoms with Crippen LogP contribution in [0.15, 0.2) is 12.7 Å². The van der Waals surface area contributed by atoms with Crippen molar-refractivity contribution in [3.8, 4) is 0 Å². The number of ether oxygens (including phenoxy) is 2. The van der Waals surface area contributed by atoms with Gasteiger partial charge in [-0.25, -0.2) is 4.79 Å². The minimum absolute atomic E-state index is 0.420. The van der Waals surface area contributed by atoms with Crippen LogP contribution in [0.1, 0.15) is 39.5 Å². The summed E-state index contributed by atoms with van der Waals surface area (Å²) in [6, 6.07) is 0. The van der Waals surface area contributed by atoms with Crippen molar-refractivity contribution in [2.75, 3.05) is 19.8 Å². The summed E-state index contributed by atoms with van der Waals surface area (Å²) in [5.74, 6) is -0.219. The fourth-order valence-electron chi connectivity index (χ4n) is 1.43. The van der Waals surface area contributed by atoms with Crippen LogP contribution in [0.2, 0.25) is 0 Å². The molecule has 18 heavy (non-hydrogen) atoms. The molecule has 1 aliphatic heterocycles. The molecule has 1 fully saturated rings. The molecule has 0 aromatic rings. The van der Waals surface area contributed by atoms with Crippen LogP contribution in [-0.2, 0) is 14.3 Å². The number of carboxylic acid groups (broad SMARTS) is 1. The van der Waals surface area contributed by atoms with Gasteiger partial charge in [-0.05, 0) is 12.3 Å². The fraction of sp³-hybridized carbons (Fsp3) is 0.786. The van der Waals surface area contributed by atoms with E-state index >= 15 is 0 Å². The molecule has 1 aliphatic rings. The van der Waals surface area contributed by atoms with Crippen molar-refractivity contribution in [1.29, 1.82) is 0 Å². The second-order valence-electron chi connectivity index (χ2n) is 4.45. The Morgan fingerprint density at radius 2 is 2.22 bits per heavy atom. The van der Waals surface area contributed by atoms with Gasteiger partial charge in [0.05, 0.1) is 13.2 Å². The van der Waals surface area contributed by atoms with Crippen molar-refractivity contribution in [2.24, 2.45) is 5.92 Å². The smallest absolute Gasteiger partial charge is 0.327 e. The molecule has 2 unspecified atom stereocenters. The van der Waals surface area contributed by atoms with E-state index in [2.05, 4.69) is 20.4 Å². The monoisotopic (exact) mass is 258 g/mol. The Bertz CT molecular complexity index is 224. The first-order valence-corrected chi connectivity index (χ1v) is 6.68. The molecule has 106 valence electrons. The van der Waals surface area contributed by atoms with E-state index in [1.165, 1.54) is 25.7 Å². The normalized spacial score (nSPS) is 18.4. The van der Waals surface area contributed by atoms with Gasteiger partial charge in [0.2, 0.25) is 0 Å². The van der Waals surface area contributed by atoms with Crippen LogP contribution in [0.5, 0.6) is 0 Å². The minimum atomic E-state index is -0.981. The number of hydrogen-bond donors (Lipinski definition) is 1. The number of epoxide rings is 1. The third-order valence-corrected chi connectivity index (χ3v) is 2.78. The lowest BCUT2D eigenvalue weighted by Gasteiger charge is -2.13. The summed E-state index contributed by atoms with van der Waals surface area (Å²) >= 11 is 0. The molecule has 2 atom stereocenters. The summed E-state index contributed by atoms with van der Waals surface area (Å²) in [6.07, 6.45) is 6.44. The number of carbonyl (C=O) groups is 1. The summed E-state index contributed by atoms with van der Waals surface area (Å²) in [5.41, 5.74) is 0. The largest absolute Gasteiger partial charge is 0.478 e. The zero-order chi connectivity index (χ0) is 13.8. The van der Waals surface area contributed by atoms with E-state index in [1.54, 1.807) is 0 Å². The maximum atomic E-state index is 9.25. The molecule has 1 saturated heterocycles. The molecule has 0 bridgehead atoms. The number of hydrogen-bond acceptors (Lipinski definition) is 3. The average molecular weight is 258 g/mol. The summed E-state index contributed by atoms with van der Waals surface area (Å²) in [4.78, 5) is 9.25. The van der Waals surface area contributed by atoms with Crippen LogP contribution >= 0.6 is 0 Å². The zero-order valence-corrected chi connectivity index (χ0v) is 11.6. The predicted molar refractivity (Wildman–Crippen MR) is 71.7 cm³/mol. The van der Waals surface area contributed by atoms with Gasteiger partial charge < -0.3 is 14.6 Å². The van der Waals surface area contributed by atoms with E-state index in [1.807, 2.05) is 0 Å². The number of rotatable bonds is 9. The van der Waals surface area contributed by atoms with E-state index in [9.17, 15) is 4.79 Å². The summed E-state index contributed by atoms with van der Waals surface area (Å²) in [6.45, 7) is 10.1. The van der Waals surface area contributed by atoms with Gasteiger partial charge in [0.1, 0.15) is 6.10 Å². The third-order valence-electron chi connectivity index (χ3n) is 2.78. The van der Waals surface area contributed by atoms with Crippen LogP contribution in [0.4, 0.5) is 0 Å². The zero-order valence-electron chi connectivity index (χ0n) is 11.6. The molecular formula is C14H26O4. The predicted octanol–water partition coefficient (Wildman–Crippen LogP) is 2.88. The van der Waals surface area contributed by atoms with Gasteiger partial charge in [0.25, 0.3) is 0 Å². The van der Waals surface area contributed by atoms with Crippen LogP contribution in [-0.4, -0.2) is 37.0 Å². The molecule has 1 rings (SSSR count). The second-order valence-corrected chi connectivity index (χ2v) is 4.45. The summed E-state index contributed by atoms with van der Waals surface area (Å²) in [7, 11) is 0. The molecule has 4 nitrogen and oxygen atoms in total. The summed E-state index contributed by atoms with van der Waals surface area (Å²) < 4.78 is 10.7. The Kier molecular flexibility index (Phi) is 10.7.